The van der Waals surface area contributed by atoms with Crippen molar-refractivity contribution >= 4 is 23.1 Å². The van der Waals surface area contributed by atoms with Gasteiger partial charge in [-0.3, -0.25) is 0 Å². The number of pyridine rings is 1. The number of nitrogens with zero attached hydrogens (tertiary/aromatic N) is 1. The number of hydrogen-bond acceptors (Lipinski definition) is 3. The minimum absolute atomic E-state index is 0.483. The largest absolute Gasteiger partial charge is 0.396 e. The Morgan fingerprint density at radius 2 is 2.31 bits per heavy atom. The van der Waals surface area contributed by atoms with E-state index in [1.54, 1.807) is 12.1 Å². The molecule has 0 radical (unpaired) electrons. The van der Waals surface area contributed by atoms with Gasteiger partial charge in [0.25, 0.3) is 0 Å². The molecule has 0 saturated heterocycles. The first kappa shape index (κ1) is 11.5. The smallest absolute Gasteiger partial charge is 0.150 e. The zero-order valence-corrected chi connectivity index (χ0v) is 10.3. The highest BCUT2D eigenvalue weighted by Crippen LogP contribution is 2.31. The molecule has 2 rings (SSSR count). The highest BCUT2D eigenvalue weighted by Gasteiger charge is 2.23. The summed E-state index contributed by atoms with van der Waals surface area (Å²) in [6.07, 6.45) is 3.98. The molecule has 0 aliphatic heterocycles. The van der Waals surface area contributed by atoms with Gasteiger partial charge in [-0.2, -0.15) is 0 Å². The first-order valence-corrected chi connectivity index (χ1v) is 6.20. The first-order chi connectivity index (χ1) is 7.66. The third kappa shape index (κ3) is 2.59. The van der Waals surface area contributed by atoms with Gasteiger partial charge in [-0.05, 0) is 30.4 Å². The van der Waals surface area contributed by atoms with Crippen molar-refractivity contribution in [1.82, 2.24) is 4.98 Å². The molecule has 1 aromatic rings. The van der Waals surface area contributed by atoms with E-state index in [1.165, 1.54) is 19.3 Å². The van der Waals surface area contributed by atoms with Crippen molar-refractivity contribution in [2.45, 2.75) is 26.2 Å². The van der Waals surface area contributed by atoms with Crippen LogP contribution < -0.4 is 11.1 Å². The van der Waals surface area contributed by atoms with Crippen molar-refractivity contribution in [2.75, 3.05) is 17.6 Å². The lowest BCUT2D eigenvalue weighted by Gasteiger charge is -2.17. The quantitative estimate of drug-likeness (QED) is 0.797. The number of hydrogen-bond donors (Lipinski definition) is 2. The maximum atomic E-state index is 5.83. The summed E-state index contributed by atoms with van der Waals surface area (Å²) in [5.74, 6) is 2.25. The number of nitrogens with one attached hydrogen (secondary N) is 1. The Balaban J connectivity index is 1.96. The first-order valence-electron chi connectivity index (χ1n) is 5.82. The van der Waals surface area contributed by atoms with Crippen molar-refractivity contribution in [1.29, 1.82) is 0 Å². The van der Waals surface area contributed by atoms with Crippen molar-refractivity contribution in [2.24, 2.45) is 11.8 Å². The van der Waals surface area contributed by atoms with E-state index in [0.29, 0.717) is 16.7 Å². The van der Waals surface area contributed by atoms with Crippen LogP contribution in [0.4, 0.5) is 11.5 Å². The van der Waals surface area contributed by atoms with Crippen molar-refractivity contribution in [3.63, 3.8) is 0 Å². The van der Waals surface area contributed by atoms with Gasteiger partial charge in [0.05, 0.1) is 5.69 Å². The van der Waals surface area contributed by atoms with Crippen LogP contribution in [0.1, 0.15) is 26.2 Å². The molecule has 88 valence electrons. The second-order valence-corrected chi connectivity index (χ2v) is 5.01. The molecule has 1 fully saturated rings. The van der Waals surface area contributed by atoms with E-state index in [1.807, 2.05) is 0 Å². The van der Waals surface area contributed by atoms with Gasteiger partial charge in [0.2, 0.25) is 0 Å². The van der Waals surface area contributed by atoms with Crippen LogP contribution in [-0.2, 0) is 0 Å². The Kier molecular flexibility index (Phi) is 3.54. The molecule has 0 aromatic carbocycles. The molecule has 0 amide bonds. The fraction of sp³-hybridized carbons (Fsp3) is 0.583. The van der Waals surface area contributed by atoms with Crippen LogP contribution in [0.15, 0.2) is 12.1 Å². The molecule has 3 nitrogen and oxygen atoms in total. The molecule has 0 bridgehead atoms. The van der Waals surface area contributed by atoms with Gasteiger partial charge in [0, 0.05) is 6.54 Å². The Morgan fingerprint density at radius 3 is 3.00 bits per heavy atom. The number of nitrogens with two attached hydrogens (primary N) is 1. The van der Waals surface area contributed by atoms with E-state index in [-0.39, 0.29) is 0 Å². The molecule has 2 unspecified atom stereocenters. The van der Waals surface area contributed by atoms with E-state index in [2.05, 4.69) is 17.2 Å². The van der Waals surface area contributed by atoms with Crippen LogP contribution in [0.5, 0.6) is 0 Å². The monoisotopic (exact) mass is 239 g/mol. The van der Waals surface area contributed by atoms with Crippen molar-refractivity contribution < 1.29 is 0 Å². The lowest BCUT2D eigenvalue weighted by atomic mass is 9.98. The van der Waals surface area contributed by atoms with Gasteiger partial charge >= 0.3 is 0 Å². The van der Waals surface area contributed by atoms with E-state index < -0.39 is 0 Å². The van der Waals surface area contributed by atoms with Gasteiger partial charge in [-0.25, -0.2) is 4.98 Å². The minimum atomic E-state index is 0.483. The molecular weight excluding hydrogens is 222 g/mol. The number of rotatable bonds is 3. The average Bonchev–Trinajstić information content (AvgIpc) is 2.66. The highest BCUT2D eigenvalue weighted by atomic mass is 35.5. The molecule has 4 heteroatoms. The van der Waals surface area contributed by atoms with Crippen LogP contribution in [0.25, 0.3) is 0 Å². The molecular formula is C12H18ClN3. The third-order valence-electron chi connectivity index (χ3n) is 3.46. The molecule has 1 aromatic heterocycles. The molecule has 1 aliphatic carbocycles. The van der Waals surface area contributed by atoms with Gasteiger partial charge in [-0.1, -0.05) is 31.4 Å². The third-order valence-corrected chi connectivity index (χ3v) is 3.67. The zero-order valence-electron chi connectivity index (χ0n) is 9.54. The lowest BCUT2D eigenvalue weighted by molar-refractivity contribution is 0.439. The number of anilines is 2. The maximum absolute atomic E-state index is 5.83. The Labute approximate surface area is 101 Å². The average molecular weight is 240 g/mol. The Bertz CT molecular complexity index is 367. The summed E-state index contributed by atoms with van der Waals surface area (Å²) in [5, 5.41) is 3.79. The van der Waals surface area contributed by atoms with Crippen LogP contribution in [0.2, 0.25) is 5.15 Å². The predicted octanol–water partition coefficient (Wildman–Crippen LogP) is 3.17. The summed E-state index contributed by atoms with van der Waals surface area (Å²) >= 11 is 5.83. The highest BCUT2D eigenvalue weighted by molar-refractivity contribution is 6.29. The summed E-state index contributed by atoms with van der Waals surface area (Å²) in [5.41, 5.74) is 6.49. The van der Waals surface area contributed by atoms with Crippen LogP contribution >= 0.6 is 11.6 Å². The zero-order chi connectivity index (χ0) is 11.5. The summed E-state index contributed by atoms with van der Waals surface area (Å²) in [6.45, 7) is 3.26. The van der Waals surface area contributed by atoms with Gasteiger partial charge in [0.15, 0.2) is 5.82 Å². The summed E-state index contributed by atoms with van der Waals surface area (Å²) < 4.78 is 0. The number of halogens is 1. The van der Waals surface area contributed by atoms with E-state index in [9.17, 15) is 0 Å². The second kappa shape index (κ2) is 4.91. The lowest BCUT2D eigenvalue weighted by Crippen LogP contribution is -2.17. The van der Waals surface area contributed by atoms with E-state index in [4.69, 9.17) is 17.3 Å². The van der Waals surface area contributed by atoms with Gasteiger partial charge in [-0.15, -0.1) is 0 Å². The molecule has 1 heterocycles. The maximum Gasteiger partial charge on any atom is 0.150 e. The van der Waals surface area contributed by atoms with Crippen LogP contribution in [0, 0.1) is 11.8 Å². The standard InChI is InChI=1S/C12H18ClN3/c1-8-3-2-4-9(8)7-15-12-10(14)5-6-11(13)16-12/h5-6,8-9H,2-4,7,14H2,1H3,(H,15,16). The van der Waals surface area contributed by atoms with Crippen molar-refractivity contribution in [3.8, 4) is 0 Å². The normalized spacial score (nSPS) is 24.6. The Morgan fingerprint density at radius 1 is 1.50 bits per heavy atom. The summed E-state index contributed by atoms with van der Waals surface area (Å²) in [6, 6.07) is 3.50. The Hall–Kier alpha value is -0.960. The summed E-state index contributed by atoms with van der Waals surface area (Å²) in [4.78, 5) is 4.19. The predicted molar refractivity (Wildman–Crippen MR) is 68.7 cm³/mol. The van der Waals surface area contributed by atoms with Crippen molar-refractivity contribution in [3.05, 3.63) is 17.3 Å². The molecule has 2 atom stereocenters. The van der Waals surface area contributed by atoms with Gasteiger partial charge in [0.1, 0.15) is 5.15 Å². The SMILES string of the molecule is CC1CCCC1CNc1nc(Cl)ccc1N. The fourth-order valence-corrected chi connectivity index (χ4v) is 2.49. The molecule has 3 N–H and O–H groups in total. The molecule has 0 spiro atoms. The number of aromatic nitrogens is 1. The topological polar surface area (TPSA) is 50.9 Å². The van der Waals surface area contributed by atoms with Crippen LogP contribution in [-0.4, -0.2) is 11.5 Å². The second-order valence-electron chi connectivity index (χ2n) is 4.62. The van der Waals surface area contributed by atoms with Crippen LogP contribution in [0.3, 0.4) is 0 Å². The molecule has 1 saturated carbocycles. The molecule has 16 heavy (non-hydrogen) atoms. The van der Waals surface area contributed by atoms with Gasteiger partial charge < -0.3 is 11.1 Å². The van der Waals surface area contributed by atoms with E-state index >= 15 is 0 Å². The molecule has 1 aliphatic rings. The fourth-order valence-electron chi connectivity index (χ4n) is 2.34. The number of nitrogen functional groups attached to an aromatic ring is 1. The summed E-state index contributed by atoms with van der Waals surface area (Å²) in [7, 11) is 0. The minimum Gasteiger partial charge on any atom is -0.396 e. The van der Waals surface area contributed by atoms with E-state index in [0.717, 1.165) is 18.4 Å².